The van der Waals surface area contributed by atoms with Crippen LogP contribution in [0.1, 0.15) is 13.8 Å². The van der Waals surface area contributed by atoms with Gasteiger partial charge in [0.15, 0.2) is 0 Å². The minimum absolute atomic E-state index is 0.398. The number of ether oxygens (including phenoxy) is 3. The molecule has 0 radical (unpaired) electrons. The number of carbonyl (C=O) groups excluding carboxylic acids is 1. The van der Waals surface area contributed by atoms with Crippen LogP contribution in [-0.4, -0.2) is 25.7 Å². The first-order valence-electron chi connectivity index (χ1n) is 3.62. The molecule has 0 bridgehead atoms. The maximum atomic E-state index is 10.8. The van der Waals surface area contributed by atoms with Crippen LogP contribution in [-0.2, 0) is 19.0 Å². The standard InChI is InChI=1S/C8H14O4/c1-5-7(9)12-8(3,10-4)11-6-2/h5H,1,6H2,2-4H3. The van der Waals surface area contributed by atoms with Crippen LogP contribution in [0.25, 0.3) is 0 Å². The van der Waals surface area contributed by atoms with E-state index in [2.05, 4.69) is 6.58 Å². The smallest absolute Gasteiger partial charge is 0.334 e. The summed E-state index contributed by atoms with van der Waals surface area (Å²) in [4.78, 5) is 10.8. The van der Waals surface area contributed by atoms with Crippen LogP contribution < -0.4 is 0 Å². The molecule has 0 amide bonds. The highest BCUT2D eigenvalue weighted by Crippen LogP contribution is 2.13. The molecular weight excluding hydrogens is 160 g/mol. The summed E-state index contributed by atoms with van der Waals surface area (Å²) in [5, 5.41) is 0. The van der Waals surface area contributed by atoms with E-state index in [9.17, 15) is 4.79 Å². The number of hydrogen-bond donors (Lipinski definition) is 0. The maximum absolute atomic E-state index is 10.8. The largest absolute Gasteiger partial charge is 0.405 e. The van der Waals surface area contributed by atoms with Gasteiger partial charge in [-0.2, -0.15) is 0 Å². The molecule has 0 aromatic heterocycles. The molecule has 4 nitrogen and oxygen atoms in total. The third-order valence-electron chi connectivity index (χ3n) is 1.23. The van der Waals surface area contributed by atoms with Crippen molar-refractivity contribution < 1.29 is 19.0 Å². The Kier molecular flexibility index (Phi) is 4.54. The number of carbonyl (C=O) groups is 1. The molecule has 0 heterocycles. The summed E-state index contributed by atoms with van der Waals surface area (Å²) in [5.74, 6) is -1.88. The number of methoxy groups -OCH3 is 1. The van der Waals surface area contributed by atoms with E-state index in [1.807, 2.05) is 0 Å². The molecule has 1 unspecified atom stereocenters. The summed E-state index contributed by atoms with van der Waals surface area (Å²) in [7, 11) is 1.39. The summed E-state index contributed by atoms with van der Waals surface area (Å²) in [6.45, 7) is 6.94. The monoisotopic (exact) mass is 174 g/mol. The van der Waals surface area contributed by atoms with Gasteiger partial charge in [-0.25, -0.2) is 4.79 Å². The van der Waals surface area contributed by atoms with Crippen LogP contribution >= 0.6 is 0 Å². The Hall–Kier alpha value is -0.870. The van der Waals surface area contributed by atoms with Gasteiger partial charge in [0.1, 0.15) is 0 Å². The lowest BCUT2D eigenvalue weighted by atomic mass is 10.6. The molecule has 70 valence electrons. The summed E-state index contributed by atoms with van der Waals surface area (Å²) in [6.07, 6.45) is 1.05. The van der Waals surface area contributed by atoms with Gasteiger partial charge in [-0.1, -0.05) is 6.58 Å². The van der Waals surface area contributed by atoms with Crippen molar-refractivity contribution >= 4 is 5.97 Å². The number of esters is 1. The highest BCUT2D eigenvalue weighted by atomic mass is 16.9. The molecule has 1 atom stereocenters. The molecule has 0 aliphatic carbocycles. The van der Waals surface area contributed by atoms with E-state index >= 15 is 0 Å². The predicted molar refractivity (Wildman–Crippen MR) is 43.3 cm³/mol. The first-order chi connectivity index (χ1) is 5.58. The SMILES string of the molecule is C=CC(=O)OC(C)(OC)OCC. The van der Waals surface area contributed by atoms with Crippen LogP contribution in [0.3, 0.4) is 0 Å². The van der Waals surface area contributed by atoms with Crippen LogP contribution in [0.2, 0.25) is 0 Å². The Morgan fingerprint density at radius 1 is 1.67 bits per heavy atom. The highest BCUT2D eigenvalue weighted by molar-refractivity contribution is 5.81. The van der Waals surface area contributed by atoms with Crippen molar-refractivity contribution in [2.45, 2.75) is 19.8 Å². The van der Waals surface area contributed by atoms with Gasteiger partial charge in [0.05, 0.1) is 6.61 Å². The molecule has 0 aliphatic rings. The molecule has 0 saturated heterocycles. The Labute approximate surface area is 72.1 Å². The zero-order valence-corrected chi connectivity index (χ0v) is 7.62. The van der Waals surface area contributed by atoms with Crippen molar-refractivity contribution in [1.82, 2.24) is 0 Å². The van der Waals surface area contributed by atoms with Crippen molar-refractivity contribution in [2.75, 3.05) is 13.7 Å². The van der Waals surface area contributed by atoms with E-state index in [0.29, 0.717) is 6.61 Å². The quantitative estimate of drug-likeness (QED) is 0.355. The molecule has 0 aromatic rings. The lowest BCUT2D eigenvalue weighted by Crippen LogP contribution is -2.36. The zero-order chi connectivity index (χ0) is 9.61. The third kappa shape index (κ3) is 3.50. The van der Waals surface area contributed by atoms with Crippen LogP contribution in [0.4, 0.5) is 0 Å². The molecule has 0 saturated carbocycles. The Bertz CT molecular complexity index is 166. The summed E-state index contributed by atoms with van der Waals surface area (Å²) >= 11 is 0. The molecule has 12 heavy (non-hydrogen) atoms. The second-order valence-corrected chi connectivity index (χ2v) is 2.12. The van der Waals surface area contributed by atoms with E-state index in [-0.39, 0.29) is 0 Å². The number of rotatable bonds is 5. The molecule has 0 aromatic carbocycles. The van der Waals surface area contributed by atoms with Crippen LogP contribution in [0, 0.1) is 0 Å². The van der Waals surface area contributed by atoms with Crippen LogP contribution in [0.5, 0.6) is 0 Å². The normalized spacial score (nSPS) is 14.9. The molecule has 4 heteroatoms. The fourth-order valence-corrected chi connectivity index (χ4v) is 0.617. The van der Waals surface area contributed by atoms with Crippen molar-refractivity contribution in [3.8, 4) is 0 Å². The highest BCUT2D eigenvalue weighted by Gasteiger charge is 2.27. The molecule has 0 fully saturated rings. The van der Waals surface area contributed by atoms with Crippen molar-refractivity contribution in [2.24, 2.45) is 0 Å². The second kappa shape index (κ2) is 4.90. The molecule has 0 aliphatic heterocycles. The lowest BCUT2D eigenvalue weighted by Gasteiger charge is -2.25. The molecule has 0 N–H and O–H groups in total. The van der Waals surface area contributed by atoms with Gasteiger partial charge >= 0.3 is 11.9 Å². The van der Waals surface area contributed by atoms with Gasteiger partial charge < -0.3 is 14.2 Å². The first-order valence-corrected chi connectivity index (χ1v) is 3.62. The van der Waals surface area contributed by atoms with Crippen molar-refractivity contribution in [3.05, 3.63) is 12.7 Å². The molecule has 0 rings (SSSR count). The Balaban J connectivity index is 4.12. The van der Waals surface area contributed by atoms with Gasteiger partial charge in [0, 0.05) is 20.1 Å². The summed E-state index contributed by atoms with van der Waals surface area (Å²) < 4.78 is 14.7. The Morgan fingerprint density at radius 2 is 2.25 bits per heavy atom. The predicted octanol–water partition coefficient (Wildman–Crippen LogP) is 1.07. The van der Waals surface area contributed by atoms with Crippen LogP contribution in [0.15, 0.2) is 12.7 Å². The van der Waals surface area contributed by atoms with E-state index in [1.165, 1.54) is 14.0 Å². The van der Waals surface area contributed by atoms with Gasteiger partial charge in [-0.3, -0.25) is 0 Å². The van der Waals surface area contributed by atoms with Crippen molar-refractivity contribution in [3.63, 3.8) is 0 Å². The second-order valence-electron chi connectivity index (χ2n) is 2.12. The lowest BCUT2D eigenvalue weighted by molar-refractivity contribution is -0.339. The van der Waals surface area contributed by atoms with Gasteiger partial charge in [-0.15, -0.1) is 0 Å². The fourth-order valence-electron chi connectivity index (χ4n) is 0.617. The topological polar surface area (TPSA) is 44.8 Å². The van der Waals surface area contributed by atoms with Gasteiger partial charge in [0.2, 0.25) is 0 Å². The van der Waals surface area contributed by atoms with E-state index < -0.39 is 11.9 Å². The van der Waals surface area contributed by atoms with E-state index in [0.717, 1.165) is 6.08 Å². The zero-order valence-electron chi connectivity index (χ0n) is 7.62. The van der Waals surface area contributed by atoms with Gasteiger partial charge in [0.25, 0.3) is 0 Å². The molecular formula is C8H14O4. The average Bonchev–Trinajstić information content (AvgIpc) is 2.05. The van der Waals surface area contributed by atoms with Crippen molar-refractivity contribution in [1.29, 1.82) is 0 Å². The average molecular weight is 174 g/mol. The molecule has 0 spiro atoms. The summed E-state index contributed by atoms with van der Waals surface area (Å²) in [6, 6.07) is 0. The fraction of sp³-hybridized carbons (Fsp3) is 0.625. The summed E-state index contributed by atoms with van der Waals surface area (Å²) in [5.41, 5.74) is 0. The maximum Gasteiger partial charge on any atom is 0.334 e. The first kappa shape index (κ1) is 11.1. The minimum Gasteiger partial charge on any atom is -0.405 e. The van der Waals surface area contributed by atoms with E-state index in [1.54, 1.807) is 6.92 Å². The third-order valence-corrected chi connectivity index (χ3v) is 1.23. The minimum atomic E-state index is -1.31. The van der Waals surface area contributed by atoms with Gasteiger partial charge in [-0.05, 0) is 6.92 Å². The Morgan fingerprint density at radius 3 is 2.58 bits per heavy atom. The van der Waals surface area contributed by atoms with E-state index in [4.69, 9.17) is 14.2 Å². The number of hydrogen-bond acceptors (Lipinski definition) is 4.